The molecule has 6 nitrogen and oxygen atoms in total. The number of fused-ring (bicyclic) bond motifs is 3. The van der Waals surface area contributed by atoms with Crippen molar-refractivity contribution in [1.82, 2.24) is 14.5 Å². The molecule has 2 unspecified atom stereocenters. The van der Waals surface area contributed by atoms with Gasteiger partial charge < -0.3 is 9.64 Å². The first kappa shape index (κ1) is 20.6. The summed E-state index contributed by atoms with van der Waals surface area (Å²) < 4.78 is 7.38. The number of thiophene rings is 1. The number of allylic oxidation sites excluding steroid dienone is 1. The molecule has 29 heavy (non-hydrogen) atoms. The third-order valence-electron chi connectivity index (χ3n) is 5.45. The number of aromatic nitrogens is 2. The molecule has 0 bridgehead atoms. The first-order valence-corrected chi connectivity index (χ1v) is 12.0. The van der Waals surface area contributed by atoms with E-state index in [-0.39, 0.29) is 29.4 Å². The van der Waals surface area contributed by atoms with Gasteiger partial charge in [0.25, 0.3) is 5.56 Å². The molecule has 2 atom stereocenters. The lowest BCUT2D eigenvalue weighted by molar-refractivity contribution is -0.140. The van der Waals surface area contributed by atoms with Crippen LogP contribution in [0.5, 0.6) is 0 Å². The summed E-state index contributed by atoms with van der Waals surface area (Å²) in [5.41, 5.74) is 1.19. The lowest BCUT2D eigenvalue weighted by Crippen LogP contribution is -2.48. The quantitative estimate of drug-likeness (QED) is 0.411. The van der Waals surface area contributed by atoms with Crippen LogP contribution < -0.4 is 5.56 Å². The third kappa shape index (κ3) is 4.15. The van der Waals surface area contributed by atoms with Crippen LogP contribution in [0.15, 0.2) is 22.6 Å². The van der Waals surface area contributed by atoms with Crippen LogP contribution in [0, 0.1) is 0 Å². The van der Waals surface area contributed by atoms with E-state index in [2.05, 4.69) is 6.58 Å². The van der Waals surface area contributed by atoms with Crippen LogP contribution >= 0.6 is 23.1 Å². The first-order valence-electron chi connectivity index (χ1n) is 10.2. The fourth-order valence-corrected chi connectivity index (χ4v) is 6.43. The maximum Gasteiger partial charge on any atom is 0.263 e. The van der Waals surface area contributed by atoms with Crippen LogP contribution in [0.25, 0.3) is 10.2 Å². The molecule has 0 radical (unpaired) electrons. The number of hydrogen-bond donors (Lipinski definition) is 0. The van der Waals surface area contributed by atoms with Crippen LogP contribution in [0.2, 0.25) is 0 Å². The predicted octanol–water partition coefficient (Wildman–Crippen LogP) is 3.25. The molecule has 8 heteroatoms. The molecule has 4 rings (SSSR count). The van der Waals surface area contributed by atoms with E-state index >= 15 is 0 Å². The summed E-state index contributed by atoms with van der Waals surface area (Å²) >= 11 is 2.99. The van der Waals surface area contributed by atoms with Gasteiger partial charge in [0.05, 0.1) is 23.3 Å². The molecule has 0 saturated carbocycles. The molecule has 2 aromatic rings. The fourth-order valence-electron chi connectivity index (χ4n) is 4.22. The van der Waals surface area contributed by atoms with Crippen LogP contribution in [0.4, 0.5) is 0 Å². The smallest absolute Gasteiger partial charge is 0.263 e. The van der Waals surface area contributed by atoms with E-state index in [9.17, 15) is 9.59 Å². The predicted molar refractivity (Wildman–Crippen MR) is 118 cm³/mol. The molecule has 1 fully saturated rings. The van der Waals surface area contributed by atoms with Crippen molar-refractivity contribution < 1.29 is 9.53 Å². The molecule has 1 amide bonds. The molecule has 3 heterocycles. The second-order valence-electron chi connectivity index (χ2n) is 7.83. The average molecular weight is 434 g/mol. The molecule has 2 aromatic heterocycles. The van der Waals surface area contributed by atoms with E-state index in [0.717, 1.165) is 29.5 Å². The molecule has 1 aliphatic heterocycles. The number of hydrogen-bond acceptors (Lipinski definition) is 6. The Hall–Kier alpha value is -1.64. The molecule has 0 N–H and O–H groups in total. The standard InChI is InChI=1S/C21H27N3O3S2/c1-4-9-24-20(26)18-15-7-5-6-8-16(15)29-19(18)22-21(24)28-12-17(25)23-10-13(2)27-14(3)11-23/h4,13-14H,1,5-12H2,2-3H3. The molecule has 1 aliphatic carbocycles. The fraction of sp³-hybridized carbons (Fsp3) is 0.571. The van der Waals surface area contributed by atoms with Gasteiger partial charge in [-0.25, -0.2) is 4.98 Å². The summed E-state index contributed by atoms with van der Waals surface area (Å²) in [6, 6.07) is 0. The Bertz CT molecular complexity index is 987. The van der Waals surface area contributed by atoms with Gasteiger partial charge in [0.1, 0.15) is 4.83 Å². The van der Waals surface area contributed by atoms with Gasteiger partial charge >= 0.3 is 0 Å². The Morgan fingerprint density at radius 3 is 2.76 bits per heavy atom. The van der Waals surface area contributed by atoms with Gasteiger partial charge in [-0.15, -0.1) is 17.9 Å². The lowest BCUT2D eigenvalue weighted by Gasteiger charge is -2.35. The zero-order valence-corrected chi connectivity index (χ0v) is 18.6. The zero-order chi connectivity index (χ0) is 20.5. The summed E-state index contributed by atoms with van der Waals surface area (Å²) in [4.78, 5) is 34.8. The Balaban J connectivity index is 1.61. The summed E-state index contributed by atoms with van der Waals surface area (Å²) in [6.45, 7) is 9.37. The highest BCUT2D eigenvalue weighted by Crippen LogP contribution is 2.34. The summed E-state index contributed by atoms with van der Waals surface area (Å²) in [5.74, 6) is 0.321. The number of carbonyl (C=O) groups is 1. The lowest BCUT2D eigenvalue weighted by atomic mass is 9.97. The highest BCUT2D eigenvalue weighted by atomic mass is 32.2. The van der Waals surface area contributed by atoms with Crippen LogP contribution in [-0.4, -0.2) is 51.4 Å². The SMILES string of the molecule is C=CCn1c(SCC(=O)N2CC(C)OC(C)C2)nc2sc3c(c2c1=O)CCCC3. The number of ether oxygens (including phenoxy) is 1. The van der Waals surface area contributed by atoms with Crippen molar-refractivity contribution in [2.45, 2.75) is 63.4 Å². The minimum atomic E-state index is -0.00198. The largest absolute Gasteiger partial charge is 0.372 e. The van der Waals surface area contributed by atoms with E-state index in [1.807, 2.05) is 18.7 Å². The number of morpholine rings is 1. The van der Waals surface area contributed by atoms with Crippen molar-refractivity contribution in [1.29, 1.82) is 0 Å². The monoisotopic (exact) mass is 433 g/mol. The van der Waals surface area contributed by atoms with Gasteiger partial charge in [-0.3, -0.25) is 14.2 Å². The zero-order valence-electron chi connectivity index (χ0n) is 17.0. The maximum atomic E-state index is 13.3. The number of carbonyl (C=O) groups excluding carboxylic acids is 1. The van der Waals surface area contributed by atoms with E-state index in [1.165, 1.54) is 28.6 Å². The maximum absolute atomic E-state index is 13.3. The van der Waals surface area contributed by atoms with Crippen LogP contribution in [0.1, 0.15) is 37.1 Å². The summed E-state index contributed by atoms with van der Waals surface area (Å²) in [6.07, 6.45) is 6.08. The van der Waals surface area contributed by atoms with E-state index in [4.69, 9.17) is 9.72 Å². The molecular formula is C21H27N3O3S2. The minimum Gasteiger partial charge on any atom is -0.372 e. The third-order valence-corrected chi connectivity index (χ3v) is 7.60. The van der Waals surface area contributed by atoms with Crippen LogP contribution in [0.3, 0.4) is 0 Å². The van der Waals surface area contributed by atoms with Crippen molar-refractivity contribution in [2.75, 3.05) is 18.8 Å². The molecule has 1 saturated heterocycles. The Morgan fingerprint density at radius 2 is 2.03 bits per heavy atom. The molecular weight excluding hydrogens is 406 g/mol. The number of thioether (sulfide) groups is 1. The van der Waals surface area contributed by atoms with E-state index in [0.29, 0.717) is 24.8 Å². The molecule has 0 aromatic carbocycles. The van der Waals surface area contributed by atoms with Gasteiger partial charge in [-0.1, -0.05) is 17.8 Å². The normalized spacial score (nSPS) is 21.9. The van der Waals surface area contributed by atoms with Gasteiger partial charge in [0.15, 0.2) is 5.16 Å². The minimum absolute atomic E-state index is 0.00198. The summed E-state index contributed by atoms with van der Waals surface area (Å²) in [7, 11) is 0. The number of amides is 1. The second kappa shape index (κ2) is 8.62. The average Bonchev–Trinajstić information content (AvgIpc) is 3.06. The van der Waals surface area contributed by atoms with Crippen molar-refractivity contribution in [3.63, 3.8) is 0 Å². The number of nitrogens with zero attached hydrogens (tertiary/aromatic N) is 3. The van der Waals surface area contributed by atoms with E-state index in [1.54, 1.807) is 22.0 Å². The van der Waals surface area contributed by atoms with E-state index < -0.39 is 0 Å². The first-order chi connectivity index (χ1) is 14.0. The highest BCUT2D eigenvalue weighted by Gasteiger charge is 2.27. The van der Waals surface area contributed by atoms with Gasteiger partial charge in [-0.05, 0) is 45.1 Å². The summed E-state index contributed by atoms with van der Waals surface area (Å²) in [5, 5.41) is 1.38. The number of aryl methyl sites for hydroxylation is 2. The Kier molecular flexibility index (Phi) is 6.13. The van der Waals surface area contributed by atoms with Gasteiger partial charge in [0.2, 0.25) is 5.91 Å². The number of rotatable bonds is 5. The highest BCUT2D eigenvalue weighted by molar-refractivity contribution is 7.99. The van der Waals surface area contributed by atoms with Crippen LogP contribution in [-0.2, 0) is 28.9 Å². The van der Waals surface area contributed by atoms with Crippen molar-refractivity contribution in [3.8, 4) is 0 Å². The Labute approximate surface area is 178 Å². The molecule has 156 valence electrons. The van der Waals surface area contributed by atoms with Crippen molar-refractivity contribution >= 4 is 39.2 Å². The second-order valence-corrected chi connectivity index (χ2v) is 9.86. The van der Waals surface area contributed by atoms with Gasteiger partial charge in [-0.2, -0.15) is 0 Å². The van der Waals surface area contributed by atoms with Crippen molar-refractivity contribution in [2.24, 2.45) is 0 Å². The molecule has 0 spiro atoms. The van der Waals surface area contributed by atoms with Crippen molar-refractivity contribution in [3.05, 3.63) is 33.4 Å². The Morgan fingerprint density at radius 1 is 1.31 bits per heavy atom. The molecule has 2 aliphatic rings. The van der Waals surface area contributed by atoms with Gasteiger partial charge in [0, 0.05) is 24.5 Å². The topological polar surface area (TPSA) is 64.4 Å².